The zero-order chi connectivity index (χ0) is 17.5. The number of likely N-dealkylation sites (N-methyl/N-ethyl adjacent to an activating group) is 1. The number of anilines is 1. The van der Waals surface area contributed by atoms with Crippen LogP contribution in [0.3, 0.4) is 0 Å². The van der Waals surface area contributed by atoms with Crippen molar-refractivity contribution in [2.45, 2.75) is 13.1 Å². The summed E-state index contributed by atoms with van der Waals surface area (Å²) in [5, 5.41) is 11.0. The first kappa shape index (κ1) is 20.9. The summed E-state index contributed by atoms with van der Waals surface area (Å²) in [6, 6.07) is 6.26. The number of aliphatic imine (C=N–C) groups is 1. The summed E-state index contributed by atoms with van der Waals surface area (Å²) < 4.78 is 0. The average Bonchev–Trinajstić information content (AvgIpc) is 3.16. The lowest BCUT2D eigenvalue weighted by Gasteiger charge is -2.34. The maximum Gasteiger partial charge on any atom is 0.191 e. The van der Waals surface area contributed by atoms with E-state index in [0.29, 0.717) is 6.54 Å². The standard InChI is InChI=1S/C18H26N6S.HI/c1-19-18(21-12-15-5-11-25-14-15)22-13-16-4-3-6-20-17(16)24-9-7-23(2)8-10-24;/h3-6,11,14H,7-10,12-13H2,1-2H3,(H2,19,21,22);1H. The van der Waals surface area contributed by atoms with Crippen molar-refractivity contribution in [2.75, 3.05) is 45.2 Å². The normalized spacial score (nSPS) is 15.5. The number of rotatable bonds is 5. The lowest BCUT2D eigenvalue weighted by Crippen LogP contribution is -2.45. The fourth-order valence-electron chi connectivity index (χ4n) is 2.85. The maximum atomic E-state index is 4.63. The number of hydrogen-bond donors (Lipinski definition) is 2. The summed E-state index contributed by atoms with van der Waals surface area (Å²) in [5.74, 6) is 1.88. The van der Waals surface area contributed by atoms with Crippen molar-refractivity contribution < 1.29 is 0 Å². The first-order chi connectivity index (χ1) is 12.3. The van der Waals surface area contributed by atoms with Crippen molar-refractivity contribution in [3.05, 3.63) is 46.3 Å². The van der Waals surface area contributed by atoms with Crippen LogP contribution in [0.15, 0.2) is 40.1 Å². The summed E-state index contributed by atoms with van der Waals surface area (Å²) >= 11 is 1.71. The van der Waals surface area contributed by atoms with Crippen molar-refractivity contribution in [2.24, 2.45) is 4.99 Å². The van der Waals surface area contributed by atoms with Crippen LogP contribution in [0.25, 0.3) is 0 Å². The second-order valence-corrected chi connectivity index (χ2v) is 6.97. The highest BCUT2D eigenvalue weighted by atomic mass is 127. The van der Waals surface area contributed by atoms with Crippen LogP contribution in [-0.2, 0) is 13.1 Å². The van der Waals surface area contributed by atoms with Crippen molar-refractivity contribution >= 4 is 47.1 Å². The zero-order valence-corrected chi connectivity index (χ0v) is 18.5. The van der Waals surface area contributed by atoms with Gasteiger partial charge in [-0.3, -0.25) is 4.99 Å². The molecule has 1 aliphatic heterocycles. The summed E-state index contributed by atoms with van der Waals surface area (Å²) in [5.41, 5.74) is 2.47. The molecule has 8 heteroatoms. The molecular weight excluding hydrogens is 459 g/mol. The van der Waals surface area contributed by atoms with Crippen LogP contribution in [0.2, 0.25) is 0 Å². The van der Waals surface area contributed by atoms with E-state index in [1.165, 1.54) is 11.1 Å². The molecule has 1 aliphatic rings. The minimum absolute atomic E-state index is 0. The molecule has 6 nitrogen and oxygen atoms in total. The lowest BCUT2D eigenvalue weighted by molar-refractivity contribution is 0.312. The Balaban J connectivity index is 0.00000243. The van der Waals surface area contributed by atoms with Crippen LogP contribution in [0.1, 0.15) is 11.1 Å². The van der Waals surface area contributed by atoms with Gasteiger partial charge in [-0.25, -0.2) is 4.98 Å². The smallest absolute Gasteiger partial charge is 0.191 e. The molecule has 0 radical (unpaired) electrons. The Hall–Kier alpha value is -1.39. The van der Waals surface area contributed by atoms with Gasteiger partial charge in [0, 0.05) is 58.1 Å². The van der Waals surface area contributed by atoms with Crippen molar-refractivity contribution in [1.82, 2.24) is 20.5 Å². The van der Waals surface area contributed by atoms with E-state index in [-0.39, 0.29) is 24.0 Å². The quantitative estimate of drug-likeness (QED) is 0.386. The van der Waals surface area contributed by atoms with Gasteiger partial charge in [-0.15, -0.1) is 24.0 Å². The molecule has 0 atom stereocenters. The second-order valence-electron chi connectivity index (χ2n) is 6.19. The van der Waals surface area contributed by atoms with Crippen LogP contribution in [-0.4, -0.2) is 56.1 Å². The molecule has 2 aromatic rings. The highest BCUT2D eigenvalue weighted by Gasteiger charge is 2.17. The summed E-state index contributed by atoms with van der Waals surface area (Å²) in [6.07, 6.45) is 1.88. The van der Waals surface area contributed by atoms with E-state index in [9.17, 15) is 0 Å². The number of aromatic nitrogens is 1. The van der Waals surface area contributed by atoms with Crippen molar-refractivity contribution in [3.8, 4) is 0 Å². The van der Waals surface area contributed by atoms with Crippen LogP contribution < -0.4 is 15.5 Å². The topological polar surface area (TPSA) is 55.8 Å². The fourth-order valence-corrected chi connectivity index (χ4v) is 3.52. The van der Waals surface area contributed by atoms with Gasteiger partial charge in [-0.2, -0.15) is 11.3 Å². The predicted octanol–water partition coefficient (Wildman–Crippen LogP) is 2.38. The molecule has 0 saturated carbocycles. The van der Waals surface area contributed by atoms with Gasteiger partial charge in [0.1, 0.15) is 5.82 Å². The van der Waals surface area contributed by atoms with Gasteiger partial charge in [0.2, 0.25) is 0 Å². The fraction of sp³-hybridized carbons (Fsp3) is 0.444. The number of halogens is 1. The Morgan fingerprint density at radius 2 is 1.96 bits per heavy atom. The SMILES string of the molecule is CN=C(NCc1ccsc1)NCc1cccnc1N1CCN(C)CC1.I. The number of nitrogens with zero attached hydrogens (tertiary/aromatic N) is 4. The summed E-state index contributed by atoms with van der Waals surface area (Å²) in [6.45, 7) is 5.68. The minimum Gasteiger partial charge on any atom is -0.354 e. The first-order valence-electron chi connectivity index (χ1n) is 8.59. The summed E-state index contributed by atoms with van der Waals surface area (Å²) in [7, 11) is 3.97. The Bertz CT molecular complexity index is 683. The van der Waals surface area contributed by atoms with E-state index < -0.39 is 0 Å². The number of guanidine groups is 1. The highest BCUT2D eigenvalue weighted by molar-refractivity contribution is 14.0. The Morgan fingerprint density at radius 1 is 1.19 bits per heavy atom. The molecular formula is C18H27IN6S. The molecule has 3 heterocycles. The van der Waals surface area contributed by atoms with Crippen LogP contribution in [0.4, 0.5) is 5.82 Å². The molecule has 2 N–H and O–H groups in total. The zero-order valence-electron chi connectivity index (χ0n) is 15.3. The third-order valence-electron chi connectivity index (χ3n) is 4.38. The van der Waals surface area contributed by atoms with E-state index in [2.05, 4.69) is 60.4 Å². The highest BCUT2D eigenvalue weighted by Crippen LogP contribution is 2.18. The minimum atomic E-state index is 0. The van der Waals surface area contributed by atoms with Crippen LogP contribution in [0, 0.1) is 0 Å². The molecule has 0 bridgehead atoms. The molecule has 0 spiro atoms. The van der Waals surface area contributed by atoms with Gasteiger partial charge >= 0.3 is 0 Å². The Labute approximate surface area is 176 Å². The Morgan fingerprint density at radius 3 is 2.65 bits per heavy atom. The van der Waals surface area contributed by atoms with Gasteiger partial charge in [-0.1, -0.05) is 6.07 Å². The first-order valence-corrected chi connectivity index (χ1v) is 9.53. The van der Waals surface area contributed by atoms with Gasteiger partial charge in [-0.05, 0) is 35.5 Å². The molecule has 26 heavy (non-hydrogen) atoms. The molecule has 1 saturated heterocycles. The van der Waals surface area contributed by atoms with Gasteiger partial charge < -0.3 is 20.4 Å². The lowest BCUT2D eigenvalue weighted by atomic mass is 10.2. The van der Waals surface area contributed by atoms with Gasteiger partial charge in [0.15, 0.2) is 5.96 Å². The summed E-state index contributed by atoms with van der Waals surface area (Å²) in [4.78, 5) is 13.7. The maximum absolute atomic E-state index is 4.63. The predicted molar refractivity (Wildman–Crippen MR) is 121 cm³/mol. The van der Waals surface area contributed by atoms with Crippen LogP contribution in [0.5, 0.6) is 0 Å². The molecule has 0 amide bonds. The second kappa shape index (κ2) is 10.7. The monoisotopic (exact) mass is 486 g/mol. The molecule has 2 aromatic heterocycles. The number of hydrogen-bond acceptors (Lipinski definition) is 5. The van der Waals surface area contributed by atoms with E-state index in [4.69, 9.17) is 0 Å². The number of nitrogens with one attached hydrogen (secondary N) is 2. The van der Waals surface area contributed by atoms with Gasteiger partial charge in [0.25, 0.3) is 0 Å². The van der Waals surface area contributed by atoms with Crippen molar-refractivity contribution in [3.63, 3.8) is 0 Å². The van der Waals surface area contributed by atoms with E-state index >= 15 is 0 Å². The number of thiophene rings is 1. The molecule has 0 unspecified atom stereocenters. The number of piperazine rings is 1. The van der Waals surface area contributed by atoms with E-state index in [1.54, 1.807) is 18.4 Å². The van der Waals surface area contributed by atoms with Crippen molar-refractivity contribution in [1.29, 1.82) is 0 Å². The number of pyridine rings is 1. The molecule has 142 valence electrons. The van der Waals surface area contributed by atoms with E-state index in [1.807, 2.05) is 12.3 Å². The molecule has 3 rings (SSSR count). The molecule has 0 aliphatic carbocycles. The Kier molecular flexibility index (Phi) is 8.60. The molecule has 1 fully saturated rings. The average molecular weight is 486 g/mol. The van der Waals surface area contributed by atoms with Crippen LogP contribution >= 0.6 is 35.3 Å². The van der Waals surface area contributed by atoms with Gasteiger partial charge in [0.05, 0.1) is 0 Å². The van der Waals surface area contributed by atoms with E-state index in [0.717, 1.165) is 44.5 Å². The molecule has 0 aromatic carbocycles. The largest absolute Gasteiger partial charge is 0.354 e. The third kappa shape index (κ3) is 5.82. The third-order valence-corrected chi connectivity index (χ3v) is 5.11.